The van der Waals surface area contributed by atoms with Crippen LogP contribution in [0.25, 0.3) is 0 Å². The Morgan fingerprint density at radius 1 is 1.19 bits per heavy atom. The lowest BCUT2D eigenvalue weighted by atomic mass is 10.1. The van der Waals surface area contributed by atoms with Crippen molar-refractivity contribution in [3.05, 3.63) is 50.1 Å². The molecule has 1 aromatic carbocycles. The van der Waals surface area contributed by atoms with E-state index in [1.54, 1.807) is 11.3 Å². The maximum absolute atomic E-state index is 3.47. The Morgan fingerprint density at radius 3 is 2.62 bits per heavy atom. The normalized spacial score (nSPS) is 10.4. The summed E-state index contributed by atoms with van der Waals surface area (Å²) < 4.78 is 1.18. The number of hydrogen-bond acceptors (Lipinski definition) is 2. The molecule has 3 heteroatoms. The van der Waals surface area contributed by atoms with Crippen LogP contribution in [0, 0.1) is 13.8 Å². The van der Waals surface area contributed by atoms with Gasteiger partial charge in [-0.1, -0.05) is 6.07 Å². The second-order valence-corrected chi connectivity index (χ2v) is 6.20. The number of aryl methyl sites for hydroxylation is 2. The molecule has 0 aliphatic heterocycles. The average Bonchev–Trinajstić information content (AvgIpc) is 2.66. The van der Waals surface area contributed by atoms with Gasteiger partial charge in [-0.05, 0) is 70.0 Å². The molecule has 1 N–H and O–H groups in total. The molecule has 2 aromatic rings. The Kier molecular flexibility index (Phi) is 3.66. The lowest BCUT2D eigenvalue weighted by Gasteiger charge is -2.07. The van der Waals surface area contributed by atoms with Crippen LogP contribution in [0.15, 0.2) is 33.4 Å². The van der Waals surface area contributed by atoms with Crippen LogP contribution in [0.4, 0.5) is 5.69 Å². The first-order valence-corrected chi connectivity index (χ1v) is 6.86. The minimum absolute atomic E-state index is 0.880. The highest BCUT2D eigenvalue weighted by molar-refractivity contribution is 9.11. The summed E-state index contributed by atoms with van der Waals surface area (Å²) in [7, 11) is 0. The molecule has 1 nitrogen and oxygen atoms in total. The van der Waals surface area contributed by atoms with E-state index in [2.05, 4.69) is 64.7 Å². The molecule has 0 saturated carbocycles. The standard InChI is InChI=1S/C13H14BrNS/c1-9-3-4-12(5-10(9)2)15-7-11-6-13(14)16-8-11/h3-6,8,15H,7H2,1-2H3. The van der Waals surface area contributed by atoms with Gasteiger partial charge >= 0.3 is 0 Å². The molecule has 1 aromatic heterocycles. The third-order valence-electron chi connectivity index (χ3n) is 2.63. The van der Waals surface area contributed by atoms with Gasteiger partial charge in [-0.2, -0.15) is 0 Å². The van der Waals surface area contributed by atoms with Crippen molar-refractivity contribution < 1.29 is 0 Å². The third-order valence-corrected chi connectivity index (χ3v) is 4.18. The molecule has 84 valence electrons. The Bertz CT molecular complexity index is 490. The van der Waals surface area contributed by atoms with Crippen molar-refractivity contribution in [2.75, 3.05) is 5.32 Å². The minimum atomic E-state index is 0.880. The molecule has 1 heterocycles. The van der Waals surface area contributed by atoms with Crippen LogP contribution in [-0.4, -0.2) is 0 Å². The minimum Gasteiger partial charge on any atom is -0.381 e. The van der Waals surface area contributed by atoms with Crippen LogP contribution in [-0.2, 0) is 6.54 Å². The molecule has 0 aliphatic rings. The number of nitrogens with one attached hydrogen (secondary N) is 1. The summed E-state index contributed by atoms with van der Waals surface area (Å²) >= 11 is 5.19. The van der Waals surface area contributed by atoms with Crippen LogP contribution >= 0.6 is 27.3 Å². The van der Waals surface area contributed by atoms with E-state index in [0.29, 0.717) is 0 Å². The number of rotatable bonds is 3. The number of halogens is 1. The zero-order chi connectivity index (χ0) is 11.5. The topological polar surface area (TPSA) is 12.0 Å². The highest BCUT2D eigenvalue weighted by atomic mass is 79.9. The van der Waals surface area contributed by atoms with Crippen molar-refractivity contribution >= 4 is 33.0 Å². The average molecular weight is 296 g/mol. The van der Waals surface area contributed by atoms with Crippen molar-refractivity contribution in [2.24, 2.45) is 0 Å². The number of anilines is 1. The molecule has 0 radical (unpaired) electrons. The van der Waals surface area contributed by atoms with Crippen molar-refractivity contribution in [2.45, 2.75) is 20.4 Å². The number of thiophene rings is 1. The first-order chi connectivity index (χ1) is 7.65. The van der Waals surface area contributed by atoms with Gasteiger partial charge in [0, 0.05) is 12.2 Å². The molecule has 0 saturated heterocycles. The Labute approximate surface area is 109 Å². The zero-order valence-corrected chi connectivity index (χ0v) is 11.8. The van der Waals surface area contributed by atoms with E-state index in [1.165, 1.54) is 26.2 Å². The van der Waals surface area contributed by atoms with Gasteiger partial charge in [0.25, 0.3) is 0 Å². The van der Waals surface area contributed by atoms with Crippen LogP contribution in [0.5, 0.6) is 0 Å². The predicted octanol–water partition coefficient (Wildman–Crippen LogP) is 4.74. The highest BCUT2D eigenvalue weighted by Crippen LogP contribution is 2.22. The van der Waals surface area contributed by atoms with Crippen LogP contribution < -0.4 is 5.32 Å². The van der Waals surface area contributed by atoms with Crippen molar-refractivity contribution in [3.8, 4) is 0 Å². The van der Waals surface area contributed by atoms with E-state index in [1.807, 2.05) is 0 Å². The fourth-order valence-corrected chi connectivity index (χ4v) is 2.70. The van der Waals surface area contributed by atoms with E-state index in [-0.39, 0.29) is 0 Å². The summed E-state index contributed by atoms with van der Waals surface area (Å²) in [6, 6.07) is 8.63. The molecule has 0 bridgehead atoms. The van der Waals surface area contributed by atoms with Crippen molar-refractivity contribution in [1.82, 2.24) is 0 Å². The van der Waals surface area contributed by atoms with Gasteiger partial charge in [-0.15, -0.1) is 11.3 Å². The summed E-state index contributed by atoms with van der Waals surface area (Å²) in [5.41, 5.74) is 5.17. The second-order valence-electron chi connectivity index (χ2n) is 3.91. The molecule has 0 aliphatic carbocycles. The lowest BCUT2D eigenvalue weighted by molar-refractivity contribution is 1.16. The van der Waals surface area contributed by atoms with Crippen molar-refractivity contribution in [1.29, 1.82) is 0 Å². The number of hydrogen-bond donors (Lipinski definition) is 1. The highest BCUT2D eigenvalue weighted by Gasteiger charge is 1.98. The van der Waals surface area contributed by atoms with Gasteiger partial charge in [0.2, 0.25) is 0 Å². The Morgan fingerprint density at radius 2 is 2.00 bits per heavy atom. The predicted molar refractivity (Wildman–Crippen MR) is 75.3 cm³/mol. The van der Waals surface area contributed by atoms with Gasteiger partial charge in [0.05, 0.1) is 3.79 Å². The fourth-order valence-electron chi connectivity index (χ4n) is 1.49. The number of benzene rings is 1. The summed E-state index contributed by atoms with van der Waals surface area (Å²) in [5, 5.41) is 5.59. The molecule has 0 unspecified atom stereocenters. The second kappa shape index (κ2) is 5.02. The van der Waals surface area contributed by atoms with Crippen LogP contribution in [0.1, 0.15) is 16.7 Å². The van der Waals surface area contributed by atoms with Gasteiger partial charge in [0.1, 0.15) is 0 Å². The van der Waals surface area contributed by atoms with Gasteiger partial charge in [0.15, 0.2) is 0 Å². The largest absolute Gasteiger partial charge is 0.381 e. The smallest absolute Gasteiger partial charge is 0.0701 e. The molecule has 0 spiro atoms. The third kappa shape index (κ3) is 2.86. The van der Waals surface area contributed by atoms with E-state index in [0.717, 1.165) is 6.54 Å². The lowest BCUT2D eigenvalue weighted by Crippen LogP contribution is -1.98. The van der Waals surface area contributed by atoms with Crippen LogP contribution in [0.3, 0.4) is 0 Å². The van der Waals surface area contributed by atoms with Gasteiger partial charge in [-0.25, -0.2) is 0 Å². The molecule has 16 heavy (non-hydrogen) atoms. The molecule has 2 rings (SSSR count). The first-order valence-electron chi connectivity index (χ1n) is 5.19. The fraction of sp³-hybridized carbons (Fsp3) is 0.231. The van der Waals surface area contributed by atoms with E-state index >= 15 is 0 Å². The van der Waals surface area contributed by atoms with Crippen LogP contribution in [0.2, 0.25) is 0 Å². The van der Waals surface area contributed by atoms with Crippen molar-refractivity contribution in [3.63, 3.8) is 0 Å². The quantitative estimate of drug-likeness (QED) is 0.862. The maximum Gasteiger partial charge on any atom is 0.0701 e. The van der Waals surface area contributed by atoms with E-state index in [4.69, 9.17) is 0 Å². The van der Waals surface area contributed by atoms with E-state index in [9.17, 15) is 0 Å². The summed E-state index contributed by atoms with van der Waals surface area (Å²) in [4.78, 5) is 0. The van der Waals surface area contributed by atoms with Gasteiger partial charge < -0.3 is 5.32 Å². The first kappa shape index (κ1) is 11.7. The molecule has 0 amide bonds. The maximum atomic E-state index is 3.47. The molecular formula is C13H14BrNS. The summed E-state index contributed by atoms with van der Waals surface area (Å²) in [6.45, 7) is 5.15. The summed E-state index contributed by atoms with van der Waals surface area (Å²) in [5.74, 6) is 0. The molecule has 0 fully saturated rings. The summed E-state index contributed by atoms with van der Waals surface area (Å²) in [6.07, 6.45) is 0. The monoisotopic (exact) mass is 295 g/mol. The van der Waals surface area contributed by atoms with Gasteiger partial charge in [-0.3, -0.25) is 0 Å². The molecule has 0 atom stereocenters. The Hall–Kier alpha value is -0.800. The SMILES string of the molecule is Cc1ccc(NCc2csc(Br)c2)cc1C. The van der Waals surface area contributed by atoms with E-state index < -0.39 is 0 Å². The zero-order valence-electron chi connectivity index (χ0n) is 9.38. The Balaban J connectivity index is 2.02. The molecular weight excluding hydrogens is 282 g/mol.